The van der Waals surface area contributed by atoms with Crippen molar-refractivity contribution in [3.05, 3.63) is 17.0 Å². The fourth-order valence-corrected chi connectivity index (χ4v) is 2.32. The molecule has 0 spiro atoms. The second-order valence-electron chi connectivity index (χ2n) is 4.55. The molecule has 1 aromatic heterocycles. The second kappa shape index (κ2) is 4.28. The zero-order valence-corrected chi connectivity index (χ0v) is 10.1. The Labute approximate surface area is 95.6 Å². The minimum absolute atomic E-state index is 0.229. The SMILES string of the molecule is COC(=O)Cn1nc(C(C)C)c2c1CCC2. The van der Waals surface area contributed by atoms with Crippen LogP contribution in [0.1, 0.15) is 43.1 Å². The molecule has 0 fully saturated rings. The van der Waals surface area contributed by atoms with Crippen LogP contribution in [0.2, 0.25) is 0 Å². The van der Waals surface area contributed by atoms with Gasteiger partial charge in [0.05, 0.1) is 12.8 Å². The van der Waals surface area contributed by atoms with Gasteiger partial charge in [0.2, 0.25) is 0 Å². The number of carbonyl (C=O) groups excluding carboxylic acids is 1. The van der Waals surface area contributed by atoms with Crippen LogP contribution in [0, 0.1) is 0 Å². The quantitative estimate of drug-likeness (QED) is 0.731. The number of carbonyl (C=O) groups is 1. The van der Waals surface area contributed by atoms with Crippen molar-refractivity contribution in [2.24, 2.45) is 0 Å². The molecule has 1 heterocycles. The number of hydrogen-bond acceptors (Lipinski definition) is 3. The average molecular weight is 222 g/mol. The lowest BCUT2D eigenvalue weighted by Gasteiger charge is -2.04. The largest absolute Gasteiger partial charge is 0.468 e. The van der Waals surface area contributed by atoms with Crippen LogP contribution in [-0.2, 0) is 28.9 Å². The lowest BCUT2D eigenvalue weighted by Crippen LogP contribution is -2.15. The molecular weight excluding hydrogens is 204 g/mol. The molecule has 0 N–H and O–H groups in total. The highest BCUT2D eigenvalue weighted by atomic mass is 16.5. The van der Waals surface area contributed by atoms with Gasteiger partial charge in [0.15, 0.2) is 0 Å². The van der Waals surface area contributed by atoms with Crippen LogP contribution in [0.4, 0.5) is 0 Å². The highest BCUT2D eigenvalue weighted by molar-refractivity contribution is 5.69. The van der Waals surface area contributed by atoms with E-state index in [2.05, 4.69) is 23.7 Å². The molecule has 0 atom stereocenters. The molecule has 2 rings (SSSR count). The summed E-state index contributed by atoms with van der Waals surface area (Å²) in [6.45, 7) is 4.53. The van der Waals surface area contributed by atoms with E-state index in [0.29, 0.717) is 5.92 Å². The molecule has 0 bridgehead atoms. The van der Waals surface area contributed by atoms with Crippen LogP contribution in [0.15, 0.2) is 0 Å². The third-order valence-corrected chi connectivity index (χ3v) is 3.09. The average Bonchev–Trinajstić information content (AvgIpc) is 2.80. The Bertz CT molecular complexity index is 407. The lowest BCUT2D eigenvalue weighted by atomic mass is 10.1. The zero-order valence-electron chi connectivity index (χ0n) is 10.1. The van der Waals surface area contributed by atoms with E-state index in [4.69, 9.17) is 0 Å². The molecular formula is C12H18N2O2. The maximum Gasteiger partial charge on any atom is 0.327 e. The fraction of sp³-hybridized carbons (Fsp3) is 0.667. The van der Waals surface area contributed by atoms with Crippen LogP contribution >= 0.6 is 0 Å². The second-order valence-corrected chi connectivity index (χ2v) is 4.55. The van der Waals surface area contributed by atoms with Gasteiger partial charge in [0, 0.05) is 5.69 Å². The Morgan fingerprint density at radius 3 is 2.88 bits per heavy atom. The minimum atomic E-state index is -0.229. The first-order chi connectivity index (χ1) is 7.63. The van der Waals surface area contributed by atoms with Crippen molar-refractivity contribution in [2.45, 2.75) is 45.6 Å². The molecule has 1 aromatic rings. The summed E-state index contributed by atoms with van der Waals surface area (Å²) in [6, 6.07) is 0. The Morgan fingerprint density at radius 1 is 1.50 bits per heavy atom. The number of methoxy groups -OCH3 is 1. The summed E-state index contributed by atoms with van der Waals surface area (Å²) < 4.78 is 6.51. The first kappa shape index (κ1) is 11.2. The molecule has 0 aromatic carbocycles. The van der Waals surface area contributed by atoms with E-state index < -0.39 is 0 Å². The maximum atomic E-state index is 11.3. The molecule has 0 radical (unpaired) electrons. The van der Waals surface area contributed by atoms with E-state index in [1.54, 1.807) is 0 Å². The third-order valence-electron chi connectivity index (χ3n) is 3.09. The van der Waals surface area contributed by atoms with Gasteiger partial charge in [-0.2, -0.15) is 5.10 Å². The van der Waals surface area contributed by atoms with Crippen molar-refractivity contribution in [1.29, 1.82) is 0 Å². The number of aromatic nitrogens is 2. The van der Waals surface area contributed by atoms with Crippen molar-refractivity contribution in [3.8, 4) is 0 Å². The lowest BCUT2D eigenvalue weighted by molar-refractivity contribution is -0.141. The standard InChI is InChI=1S/C12H18N2O2/c1-8(2)12-9-5-4-6-10(9)14(13-12)7-11(15)16-3/h8H,4-7H2,1-3H3. The van der Waals surface area contributed by atoms with Crippen molar-refractivity contribution >= 4 is 5.97 Å². The van der Waals surface area contributed by atoms with Crippen molar-refractivity contribution in [1.82, 2.24) is 9.78 Å². The Balaban J connectivity index is 2.32. The van der Waals surface area contributed by atoms with Crippen LogP contribution in [0.25, 0.3) is 0 Å². The van der Waals surface area contributed by atoms with Gasteiger partial charge in [0.25, 0.3) is 0 Å². The van der Waals surface area contributed by atoms with E-state index in [0.717, 1.165) is 18.5 Å². The summed E-state index contributed by atoms with van der Waals surface area (Å²) in [5.74, 6) is 0.193. The molecule has 1 aliphatic rings. The van der Waals surface area contributed by atoms with Gasteiger partial charge in [-0.3, -0.25) is 9.48 Å². The number of rotatable bonds is 3. The van der Waals surface area contributed by atoms with E-state index in [1.807, 2.05) is 4.68 Å². The van der Waals surface area contributed by atoms with Crippen LogP contribution in [0.5, 0.6) is 0 Å². The van der Waals surface area contributed by atoms with Gasteiger partial charge in [-0.25, -0.2) is 0 Å². The molecule has 16 heavy (non-hydrogen) atoms. The first-order valence-electron chi connectivity index (χ1n) is 5.78. The maximum absolute atomic E-state index is 11.3. The molecule has 0 amide bonds. The number of esters is 1. The van der Waals surface area contributed by atoms with Gasteiger partial charge in [-0.15, -0.1) is 0 Å². The third kappa shape index (κ3) is 1.84. The molecule has 88 valence electrons. The summed E-state index contributed by atoms with van der Waals surface area (Å²) in [7, 11) is 1.41. The van der Waals surface area contributed by atoms with Gasteiger partial charge < -0.3 is 4.74 Å². The van der Waals surface area contributed by atoms with Crippen molar-refractivity contribution in [3.63, 3.8) is 0 Å². The summed E-state index contributed by atoms with van der Waals surface area (Å²) in [5.41, 5.74) is 3.74. The fourth-order valence-electron chi connectivity index (χ4n) is 2.32. The summed E-state index contributed by atoms with van der Waals surface area (Å²) in [5, 5.41) is 4.54. The highest BCUT2D eigenvalue weighted by Gasteiger charge is 2.24. The number of hydrogen-bond donors (Lipinski definition) is 0. The van der Waals surface area contributed by atoms with E-state index >= 15 is 0 Å². The molecule has 0 saturated heterocycles. The summed E-state index contributed by atoms with van der Waals surface area (Å²) in [4.78, 5) is 11.3. The zero-order chi connectivity index (χ0) is 11.7. The first-order valence-corrected chi connectivity index (χ1v) is 5.78. The van der Waals surface area contributed by atoms with Gasteiger partial charge in [0.1, 0.15) is 6.54 Å². The Hall–Kier alpha value is -1.32. The van der Waals surface area contributed by atoms with E-state index in [1.165, 1.54) is 24.8 Å². The molecule has 0 aliphatic heterocycles. The number of fused-ring (bicyclic) bond motifs is 1. The van der Waals surface area contributed by atoms with Gasteiger partial charge in [-0.1, -0.05) is 13.8 Å². The normalized spacial score (nSPS) is 14.2. The molecule has 1 aliphatic carbocycles. The highest BCUT2D eigenvalue weighted by Crippen LogP contribution is 2.29. The number of ether oxygens (including phenoxy) is 1. The minimum Gasteiger partial charge on any atom is -0.468 e. The number of nitrogens with zero attached hydrogens (tertiary/aromatic N) is 2. The monoisotopic (exact) mass is 222 g/mol. The Morgan fingerprint density at radius 2 is 2.25 bits per heavy atom. The van der Waals surface area contributed by atoms with Crippen molar-refractivity contribution in [2.75, 3.05) is 7.11 Å². The van der Waals surface area contributed by atoms with Gasteiger partial charge >= 0.3 is 5.97 Å². The van der Waals surface area contributed by atoms with E-state index in [9.17, 15) is 4.79 Å². The smallest absolute Gasteiger partial charge is 0.327 e. The van der Waals surface area contributed by atoms with Crippen LogP contribution in [0.3, 0.4) is 0 Å². The van der Waals surface area contributed by atoms with Crippen LogP contribution < -0.4 is 0 Å². The Kier molecular flexibility index (Phi) is 2.99. The molecule has 0 saturated carbocycles. The summed E-state index contributed by atoms with van der Waals surface area (Å²) in [6.07, 6.45) is 3.31. The van der Waals surface area contributed by atoms with Gasteiger partial charge in [-0.05, 0) is 30.7 Å². The van der Waals surface area contributed by atoms with Crippen molar-refractivity contribution < 1.29 is 9.53 Å². The topological polar surface area (TPSA) is 44.1 Å². The summed E-state index contributed by atoms with van der Waals surface area (Å²) >= 11 is 0. The predicted molar refractivity (Wildman–Crippen MR) is 60.4 cm³/mol. The molecule has 0 unspecified atom stereocenters. The van der Waals surface area contributed by atoms with E-state index in [-0.39, 0.29) is 12.5 Å². The molecule has 4 heteroatoms. The predicted octanol–water partition coefficient (Wildman–Crippen LogP) is 1.67. The molecule has 4 nitrogen and oxygen atoms in total. The van der Waals surface area contributed by atoms with Crippen LogP contribution in [-0.4, -0.2) is 22.9 Å².